The van der Waals surface area contributed by atoms with E-state index in [1.807, 2.05) is 26.0 Å². The molecule has 0 saturated carbocycles. The van der Waals surface area contributed by atoms with E-state index in [2.05, 4.69) is 20.8 Å². The standard InChI is InChI=1S/C18H31NO3/c1-6-10-13(2)17-14(3)15(21-18(4,5)22-17)11-8-7-9-12-16(19)20/h7-9,12-15,17H,6,10-11H2,1-5H3,(H2,19,20)/b8-7+,12-9-/t13-,14-,15-,17+/m1/s1. The average molecular weight is 309 g/mol. The van der Waals surface area contributed by atoms with Crippen LogP contribution in [0.1, 0.15) is 53.9 Å². The van der Waals surface area contributed by atoms with Gasteiger partial charge in [-0.15, -0.1) is 0 Å². The lowest BCUT2D eigenvalue weighted by Crippen LogP contribution is -2.52. The van der Waals surface area contributed by atoms with Gasteiger partial charge >= 0.3 is 0 Å². The van der Waals surface area contributed by atoms with Gasteiger partial charge in [0.15, 0.2) is 5.79 Å². The normalized spacial score (nSPS) is 30.0. The van der Waals surface area contributed by atoms with Crippen molar-refractivity contribution in [3.8, 4) is 0 Å². The van der Waals surface area contributed by atoms with Crippen LogP contribution >= 0.6 is 0 Å². The minimum absolute atomic E-state index is 0.117. The fraction of sp³-hybridized carbons (Fsp3) is 0.722. The molecule has 0 spiro atoms. The fourth-order valence-electron chi connectivity index (χ4n) is 3.10. The maximum absolute atomic E-state index is 10.6. The Labute approximate surface area is 134 Å². The second kappa shape index (κ2) is 8.49. The van der Waals surface area contributed by atoms with Gasteiger partial charge in [-0.25, -0.2) is 0 Å². The van der Waals surface area contributed by atoms with E-state index in [4.69, 9.17) is 15.2 Å². The van der Waals surface area contributed by atoms with Crippen LogP contribution in [0.2, 0.25) is 0 Å². The van der Waals surface area contributed by atoms with Gasteiger partial charge in [0.05, 0.1) is 12.2 Å². The largest absolute Gasteiger partial charge is 0.366 e. The van der Waals surface area contributed by atoms with Gasteiger partial charge in [0.25, 0.3) is 0 Å². The van der Waals surface area contributed by atoms with E-state index in [0.717, 1.165) is 19.3 Å². The Kier molecular flexibility index (Phi) is 7.30. The predicted octanol–water partition coefficient (Wildman–Crippen LogP) is 3.57. The number of primary amides is 1. The van der Waals surface area contributed by atoms with Gasteiger partial charge < -0.3 is 15.2 Å². The topological polar surface area (TPSA) is 61.6 Å². The lowest BCUT2D eigenvalue weighted by molar-refractivity contribution is -0.326. The first-order chi connectivity index (χ1) is 10.3. The molecule has 1 saturated heterocycles. The number of allylic oxidation sites excluding steroid dienone is 2. The first-order valence-electron chi connectivity index (χ1n) is 8.25. The van der Waals surface area contributed by atoms with Crippen LogP contribution in [0.15, 0.2) is 24.3 Å². The summed E-state index contributed by atoms with van der Waals surface area (Å²) in [5, 5.41) is 0. The van der Waals surface area contributed by atoms with E-state index in [1.165, 1.54) is 6.08 Å². The molecule has 1 heterocycles. The monoisotopic (exact) mass is 309 g/mol. The van der Waals surface area contributed by atoms with Crippen LogP contribution in [-0.2, 0) is 14.3 Å². The molecule has 4 heteroatoms. The minimum Gasteiger partial charge on any atom is -0.366 e. The lowest BCUT2D eigenvalue weighted by atomic mass is 9.84. The lowest BCUT2D eigenvalue weighted by Gasteiger charge is -2.47. The summed E-state index contributed by atoms with van der Waals surface area (Å²) >= 11 is 0. The molecule has 1 amide bonds. The number of nitrogens with two attached hydrogens (primary N) is 1. The molecule has 4 nitrogen and oxygen atoms in total. The molecule has 0 aromatic heterocycles. The number of rotatable bonds is 7. The van der Waals surface area contributed by atoms with Gasteiger partial charge in [0.1, 0.15) is 0 Å². The number of amides is 1. The number of ether oxygens (including phenoxy) is 2. The number of hydrogen-bond donors (Lipinski definition) is 1. The van der Waals surface area contributed by atoms with Crippen LogP contribution in [0.4, 0.5) is 0 Å². The molecule has 1 aliphatic rings. The van der Waals surface area contributed by atoms with Crippen molar-refractivity contribution < 1.29 is 14.3 Å². The molecule has 0 aromatic rings. The molecular formula is C18H31NO3. The summed E-state index contributed by atoms with van der Waals surface area (Å²) in [5.74, 6) is -0.139. The second-order valence-corrected chi connectivity index (χ2v) is 6.69. The quantitative estimate of drug-likeness (QED) is 0.577. The molecule has 0 bridgehead atoms. The highest BCUT2D eigenvalue weighted by Gasteiger charge is 2.42. The van der Waals surface area contributed by atoms with E-state index < -0.39 is 11.7 Å². The van der Waals surface area contributed by atoms with Crippen LogP contribution in [0.5, 0.6) is 0 Å². The zero-order valence-electron chi connectivity index (χ0n) is 14.5. The number of carbonyl (C=O) groups excluding carboxylic acids is 1. The molecule has 0 unspecified atom stereocenters. The molecule has 4 atom stereocenters. The Morgan fingerprint density at radius 1 is 1.32 bits per heavy atom. The SMILES string of the molecule is CCC[C@@H](C)[C@@H]1OC(C)(C)O[C@H](C/C=C/C=C\C(N)=O)[C@H]1C. The summed E-state index contributed by atoms with van der Waals surface area (Å²) < 4.78 is 12.3. The Morgan fingerprint density at radius 3 is 2.59 bits per heavy atom. The third-order valence-corrected chi connectivity index (χ3v) is 4.14. The second-order valence-electron chi connectivity index (χ2n) is 6.69. The molecule has 1 rings (SSSR count). The summed E-state index contributed by atoms with van der Waals surface area (Å²) in [6.07, 6.45) is 10.3. The van der Waals surface area contributed by atoms with E-state index in [0.29, 0.717) is 11.8 Å². The summed E-state index contributed by atoms with van der Waals surface area (Å²) in [4.78, 5) is 10.6. The van der Waals surface area contributed by atoms with Crippen molar-refractivity contribution >= 4 is 5.91 Å². The Bertz CT molecular complexity index is 415. The molecule has 126 valence electrons. The summed E-state index contributed by atoms with van der Waals surface area (Å²) in [6, 6.07) is 0. The van der Waals surface area contributed by atoms with Gasteiger partial charge in [0, 0.05) is 12.0 Å². The zero-order valence-corrected chi connectivity index (χ0v) is 14.5. The highest BCUT2D eigenvalue weighted by Crippen LogP contribution is 2.37. The van der Waals surface area contributed by atoms with Gasteiger partial charge in [-0.2, -0.15) is 0 Å². The van der Waals surface area contributed by atoms with Crippen molar-refractivity contribution in [1.82, 2.24) is 0 Å². The van der Waals surface area contributed by atoms with E-state index in [1.54, 1.807) is 6.08 Å². The Balaban J connectivity index is 2.70. The Hall–Kier alpha value is -1.13. The van der Waals surface area contributed by atoms with Crippen molar-refractivity contribution in [2.75, 3.05) is 0 Å². The molecule has 2 N–H and O–H groups in total. The van der Waals surface area contributed by atoms with Gasteiger partial charge in [0.2, 0.25) is 5.91 Å². The first kappa shape index (κ1) is 18.9. The van der Waals surface area contributed by atoms with Gasteiger partial charge in [-0.3, -0.25) is 4.79 Å². The minimum atomic E-state index is -0.555. The highest BCUT2D eigenvalue weighted by atomic mass is 16.7. The molecular weight excluding hydrogens is 278 g/mol. The maximum atomic E-state index is 10.6. The fourth-order valence-corrected chi connectivity index (χ4v) is 3.10. The zero-order chi connectivity index (χ0) is 16.8. The Morgan fingerprint density at radius 2 is 2.00 bits per heavy atom. The third kappa shape index (κ3) is 5.93. The molecule has 0 aliphatic carbocycles. The van der Waals surface area contributed by atoms with Crippen molar-refractivity contribution in [3.63, 3.8) is 0 Å². The molecule has 1 aliphatic heterocycles. The van der Waals surface area contributed by atoms with Crippen LogP contribution < -0.4 is 5.73 Å². The van der Waals surface area contributed by atoms with Crippen molar-refractivity contribution in [3.05, 3.63) is 24.3 Å². The molecule has 0 radical (unpaired) electrons. The van der Waals surface area contributed by atoms with Crippen molar-refractivity contribution in [2.24, 2.45) is 17.6 Å². The van der Waals surface area contributed by atoms with Crippen LogP contribution in [0.3, 0.4) is 0 Å². The predicted molar refractivity (Wildman–Crippen MR) is 89.2 cm³/mol. The highest BCUT2D eigenvalue weighted by molar-refractivity contribution is 5.85. The van der Waals surface area contributed by atoms with Crippen molar-refractivity contribution in [1.29, 1.82) is 0 Å². The smallest absolute Gasteiger partial charge is 0.241 e. The number of carbonyl (C=O) groups is 1. The summed E-state index contributed by atoms with van der Waals surface area (Å²) in [6.45, 7) is 10.6. The van der Waals surface area contributed by atoms with Gasteiger partial charge in [-0.1, -0.05) is 45.4 Å². The van der Waals surface area contributed by atoms with E-state index in [-0.39, 0.29) is 12.2 Å². The van der Waals surface area contributed by atoms with E-state index >= 15 is 0 Å². The average Bonchev–Trinajstić information content (AvgIpc) is 2.41. The molecule has 22 heavy (non-hydrogen) atoms. The maximum Gasteiger partial charge on any atom is 0.241 e. The van der Waals surface area contributed by atoms with E-state index in [9.17, 15) is 4.79 Å². The number of hydrogen-bond acceptors (Lipinski definition) is 3. The first-order valence-corrected chi connectivity index (χ1v) is 8.25. The van der Waals surface area contributed by atoms with Crippen LogP contribution in [0, 0.1) is 11.8 Å². The van der Waals surface area contributed by atoms with Crippen molar-refractivity contribution in [2.45, 2.75) is 71.9 Å². The third-order valence-electron chi connectivity index (χ3n) is 4.14. The summed E-state index contributed by atoms with van der Waals surface area (Å²) in [7, 11) is 0. The van der Waals surface area contributed by atoms with Gasteiger partial charge in [-0.05, 0) is 32.6 Å². The van der Waals surface area contributed by atoms with Crippen LogP contribution in [0.25, 0.3) is 0 Å². The molecule has 1 fully saturated rings. The van der Waals surface area contributed by atoms with Crippen LogP contribution in [-0.4, -0.2) is 23.9 Å². The molecule has 0 aromatic carbocycles. The summed E-state index contributed by atoms with van der Waals surface area (Å²) in [5.41, 5.74) is 5.05.